The second kappa shape index (κ2) is 4.92. The van der Waals surface area contributed by atoms with Crippen molar-refractivity contribution in [1.82, 2.24) is 0 Å². The van der Waals surface area contributed by atoms with Gasteiger partial charge in [0.1, 0.15) is 6.04 Å². The second-order valence-corrected chi connectivity index (χ2v) is 5.06. The molecule has 1 aromatic heterocycles. The Balaban J connectivity index is 1.88. The highest BCUT2D eigenvalue weighted by molar-refractivity contribution is 7.12. The Bertz CT molecular complexity index is 536. The van der Waals surface area contributed by atoms with Crippen molar-refractivity contribution >= 4 is 17.2 Å². The number of benzene rings is 1. The van der Waals surface area contributed by atoms with Gasteiger partial charge < -0.3 is 9.84 Å². The Hall–Kier alpha value is -1.65. The van der Waals surface area contributed by atoms with Crippen molar-refractivity contribution in [3.8, 4) is 0 Å². The minimum atomic E-state index is -0.218. The van der Waals surface area contributed by atoms with E-state index < -0.39 is 0 Å². The topological polar surface area (TPSA) is 41.8 Å². The van der Waals surface area contributed by atoms with Gasteiger partial charge in [-0.1, -0.05) is 36.4 Å². The van der Waals surface area contributed by atoms with E-state index in [0.717, 1.165) is 10.4 Å². The summed E-state index contributed by atoms with van der Waals surface area (Å²) in [6.07, 6.45) is -0.187. The zero-order chi connectivity index (χ0) is 12.4. The largest absolute Gasteiger partial charge is 0.466 e. The lowest BCUT2D eigenvalue weighted by Crippen LogP contribution is -2.17. The van der Waals surface area contributed by atoms with Crippen molar-refractivity contribution in [2.24, 2.45) is 4.99 Å². The molecule has 0 aliphatic carbocycles. The van der Waals surface area contributed by atoms with Crippen LogP contribution in [0, 0.1) is 0 Å². The quantitative estimate of drug-likeness (QED) is 0.920. The maximum Gasteiger partial charge on any atom is 0.227 e. The van der Waals surface area contributed by atoms with Crippen LogP contribution in [0.1, 0.15) is 16.5 Å². The molecule has 0 saturated heterocycles. The standard InChI is InChI=1S/C14H13NO2S/c16-9-11-13(10-5-2-1-3-6-10)17-14(15-11)12-7-4-8-18-12/h1-8,11,13,16H,9H2/t11-,13-/m0/s1. The summed E-state index contributed by atoms with van der Waals surface area (Å²) in [6.45, 7) is -0.00552. The molecule has 0 saturated carbocycles. The molecule has 4 heteroatoms. The molecule has 2 atom stereocenters. The van der Waals surface area contributed by atoms with E-state index >= 15 is 0 Å². The molecule has 1 aromatic carbocycles. The first-order valence-electron chi connectivity index (χ1n) is 5.82. The van der Waals surface area contributed by atoms with Crippen molar-refractivity contribution in [1.29, 1.82) is 0 Å². The summed E-state index contributed by atoms with van der Waals surface area (Å²) in [7, 11) is 0. The van der Waals surface area contributed by atoms with Gasteiger partial charge >= 0.3 is 0 Å². The molecule has 3 nitrogen and oxygen atoms in total. The number of nitrogens with zero attached hydrogens (tertiary/aromatic N) is 1. The average Bonchev–Trinajstić information content (AvgIpc) is 3.08. The van der Waals surface area contributed by atoms with Crippen LogP contribution >= 0.6 is 11.3 Å². The van der Waals surface area contributed by atoms with E-state index in [1.54, 1.807) is 11.3 Å². The van der Waals surface area contributed by atoms with Crippen LogP contribution in [0.25, 0.3) is 0 Å². The molecule has 0 fully saturated rings. The first kappa shape index (κ1) is 11.4. The number of hydrogen-bond donors (Lipinski definition) is 1. The van der Waals surface area contributed by atoms with Crippen LogP contribution < -0.4 is 0 Å². The van der Waals surface area contributed by atoms with Gasteiger partial charge in [-0.2, -0.15) is 0 Å². The first-order chi connectivity index (χ1) is 8.88. The maximum absolute atomic E-state index is 9.43. The Morgan fingerprint density at radius 1 is 1.17 bits per heavy atom. The highest BCUT2D eigenvalue weighted by Crippen LogP contribution is 2.31. The molecule has 0 radical (unpaired) electrons. The first-order valence-corrected chi connectivity index (χ1v) is 6.70. The summed E-state index contributed by atoms with van der Waals surface area (Å²) in [6, 6.07) is 13.6. The summed E-state index contributed by atoms with van der Waals surface area (Å²) >= 11 is 1.59. The van der Waals surface area contributed by atoms with E-state index in [2.05, 4.69) is 4.99 Å². The third-order valence-corrected chi connectivity index (χ3v) is 3.78. The molecule has 1 N–H and O–H groups in total. The van der Waals surface area contributed by atoms with Crippen LogP contribution in [0.5, 0.6) is 0 Å². The van der Waals surface area contributed by atoms with E-state index in [0.29, 0.717) is 5.90 Å². The summed E-state index contributed by atoms with van der Waals surface area (Å²) in [4.78, 5) is 5.47. The lowest BCUT2D eigenvalue weighted by atomic mass is 10.0. The third-order valence-electron chi connectivity index (χ3n) is 2.92. The minimum Gasteiger partial charge on any atom is -0.466 e. The van der Waals surface area contributed by atoms with Gasteiger partial charge in [-0.15, -0.1) is 11.3 Å². The van der Waals surface area contributed by atoms with Crippen LogP contribution in [0.4, 0.5) is 0 Å². The summed E-state index contributed by atoms with van der Waals surface area (Å²) in [5.74, 6) is 0.637. The molecular formula is C14H13NO2S. The predicted octanol–water partition coefficient (Wildman–Crippen LogP) is 2.63. The third kappa shape index (κ3) is 2.05. The van der Waals surface area contributed by atoms with Crippen LogP contribution in [0.2, 0.25) is 0 Å². The van der Waals surface area contributed by atoms with Crippen LogP contribution in [-0.2, 0) is 4.74 Å². The Morgan fingerprint density at radius 2 is 2.00 bits per heavy atom. The van der Waals surface area contributed by atoms with Gasteiger partial charge in [-0.05, 0) is 17.0 Å². The van der Waals surface area contributed by atoms with Gasteiger partial charge in [-0.3, -0.25) is 0 Å². The van der Waals surface area contributed by atoms with Crippen molar-refractivity contribution in [2.75, 3.05) is 6.61 Å². The van der Waals surface area contributed by atoms with Gasteiger partial charge in [-0.25, -0.2) is 4.99 Å². The number of thiophene rings is 1. The minimum absolute atomic E-state index is 0.00552. The molecule has 2 aromatic rings. The zero-order valence-corrected chi connectivity index (χ0v) is 10.5. The van der Waals surface area contributed by atoms with Crippen LogP contribution in [0.3, 0.4) is 0 Å². The monoisotopic (exact) mass is 259 g/mol. The van der Waals surface area contributed by atoms with Crippen LogP contribution in [0.15, 0.2) is 52.8 Å². The highest BCUT2D eigenvalue weighted by Gasteiger charge is 2.32. The van der Waals surface area contributed by atoms with E-state index in [4.69, 9.17) is 4.74 Å². The summed E-state index contributed by atoms with van der Waals surface area (Å²) in [5, 5.41) is 11.4. The van der Waals surface area contributed by atoms with Gasteiger partial charge in [0, 0.05) is 0 Å². The normalized spacial score (nSPS) is 22.6. The fourth-order valence-corrected chi connectivity index (χ4v) is 2.70. The van der Waals surface area contributed by atoms with Gasteiger partial charge in [0.2, 0.25) is 5.90 Å². The van der Waals surface area contributed by atoms with Crippen molar-refractivity contribution in [3.05, 3.63) is 58.3 Å². The molecule has 1 aliphatic heterocycles. The maximum atomic E-state index is 9.43. The van der Waals surface area contributed by atoms with Gasteiger partial charge in [0.05, 0.1) is 11.5 Å². The number of aliphatic hydroxyl groups is 1. The fourth-order valence-electron chi connectivity index (χ4n) is 2.04. The van der Waals surface area contributed by atoms with Crippen molar-refractivity contribution in [3.63, 3.8) is 0 Å². The van der Waals surface area contributed by atoms with Gasteiger partial charge in [0.15, 0.2) is 6.10 Å². The van der Waals surface area contributed by atoms with Gasteiger partial charge in [0.25, 0.3) is 0 Å². The Labute approximate surface area is 109 Å². The molecule has 0 bridgehead atoms. The number of aliphatic hydroxyl groups excluding tert-OH is 1. The summed E-state index contributed by atoms with van der Waals surface area (Å²) < 4.78 is 5.90. The highest BCUT2D eigenvalue weighted by atomic mass is 32.1. The number of ether oxygens (including phenoxy) is 1. The second-order valence-electron chi connectivity index (χ2n) is 4.11. The lowest BCUT2D eigenvalue weighted by Gasteiger charge is -2.15. The van der Waals surface area contributed by atoms with E-state index in [-0.39, 0.29) is 18.8 Å². The number of hydrogen-bond acceptors (Lipinski definition) is 4. The predicted molar refractivity (Wildman–Crippen MR) is 72.0 cm³/mol. The molecule has 92 valence electrons. The van der Waals surface area contributed by atoms with E-state index in [9.17, 15) is 5.11 Å². The lowest BCUT2D eigenvalue weighted by molar-refractivity contribution is 0.152. The van der Waals surface area contributed by atoms with Crippen LogP contribution in [-0.4, -0.2) is 23.7 Å². The van der Waals surface area contributed by atoms with Crippen molar-refractivity contribution in [2.45, 2.75) is 12.1 Å². The average molecular weight is 259 g/mol. The van der Waals surface area contributed by atoms with Crippen molar-refractivity contribution < 1.29 is 9.84 Å². The molecular weight excluding hydrogens is 246 g/mol. The smallest absolute Gasteiger partial charge is 0.227 e. The fraction of sp³-hybridized carbons (Fsp3) is 0.214. The molecule has 0 unspecified atom stereocenters. The molecule has 0 amide bonds. The SMILES string of the molecule is OC[C@@H]1N=C(c2cccs2)O[C@H]1c1ccccc1. The summed E-state index contributed by atoms with van der Waals surface area (Å²) in [5.41, 5.74) is 1.05. The zero-order valence-electron chi connectivity index (χ0n) is 9.69. The molecule has 18 heavy (non-hydrogen) atoms. The number of aliphatic imine (C=N–C) groups is 1. The Morgan fingerprint density at radius 3 is 2.67 bits per heavy atom. The Kier molecular flexibility index (Phi) is 3.13. The molecule has 0 spiro atoms. The number of rotatable bonds is 3. The van der Waals surface area contributed by atoms with E-state index in [1.807, 2.05) is 47.8 Å². The molecule has 1 aliphatic rings. The van der Waals surface area contributed by atoms with E-state index in [1.165, 1.54) is 0 Å². The molecule has 3 rings (SSSR count). The molecule has 2 heterocycles.